The number of carbonyl (C=O) groups is 3. The molecule has 2 heterocycles. The second-order valence-corrected chi connectivity index (χ2v) is 13.0. The van der Waals surface area contributed by atoms with Gasteiger partial charge in [0.1, 0.15) is 12.1 Å². The number of carbonyl (C=O) groups excluding carboxylic acids is 3. The van der Waals surface area contributed by atoms with Crippen molar-refractivity contribution in [3.05, 3.63) is 41.0 Å². The molecule has 8 nitrogen and oxygen atoms in total. The van der Waals surface area contributed by atoms with E-state index in [1.54, 1.807) is 11.3 Å². The van der Waals surface area contributed by atoms with Crippen molar-refractivity contribution in [2.75, 3.05) is 11.9 Å². The predicted molar refractivity (Wildman–Crippen MR) is 159 cm³/mol. The maximum absolute atomic E-state index is 13.7. The van der Waals surface area contributed by atoms with Crippen LogP contribution in [0.5, 0.6) is 0 Å². The Balaban J connectivity index is 1.68. The van der Waals surface area contributed by atoms with Gasteiger partial charge in [0.25, 0.3) is 0 Å². The molecule has 0 bridgehead atoms. The van der Waals surface area contributed by atoms with Gasteiger partial charge in [-0.2, -0.15) is 0 Å². The van der Waals surface area contributed by atoms with Crippen molar-refractivity contribution in [3.63, 3.8) is 0 Å². The van der Waals surface area contributed by atoms with Crippen LogP contribution in [0.4, 0.5) is 0 Å². The van der Waals surface area contributed by atoms with Gasteiger partial charge in [-0.05, 0) is 43.2 Å². The minimum Gasteiger partial charge on any atom is -0.391 e. The maximum Gasteiger partial charge on any atom is 0.246 e. The third-order valence-electron chi connectivity index (χ3n) is 7.10. The SMILES string of the molecule is Cc1ncsc1-c1ccc(C(C)NC(=O)[C@@H]2C[C@@H](O)CN2C(=O)[C@@H](NC(=O)CCCCCBr)C(C)(C)C)cc1. The summed E-state index contributed by atoms with van der Waals surface area (Å²) in [5, 5.41) is 17.3. The number of aliphatic hydroxyl groups is 1. The highest BCUT2D eigenvalue weighted by Crippen LogP contribution is 2.29. The monoisotopic (exact) mass is 620 g/mol. The van der Waals surface area contributed by atoms with Gasteiger partial charge in [0.05, 0.1) is 28.2 Å². The summed E-state index contributed by atoms with van der Waals surface area (Å²) < 4.78 is 0. The number of likely N-dealkylation sites (tertiary alicyclic amines) is 1. The largest absolute Gasteiger partial charge is 0.391 e. The van der Waals surface area contributed by atoms with E-state index >= 15 is 0 Å². The van der Waals surface area contributed by atoms with E-state index in [2.05, 4.69) is 31.5 Å². The molecule has 3 N–H and O–H groups in total. The smallest absolute Gasteiger partial charge is 0.246 e. The Labute approximate surface area is 244 Å². The summed E-state index contributed by atoms with van der Waals surface area (Å²) in [5.74, 6) is -0.835. The average Bonchev–Trinajstić information content (AvgIpc) is 3.49. The first-order chi connectivity index (χ1) is 18.4. The van der Waals surface area contributed by atoms with Crippen LogP contribution in [0.2, 0.25) is 0 Å². The fourth-order valence-electron chi connectivity index (χ4n) is 4.81. The van der Waals surface area contributed by atoms with E-state index in [1.807, 2.05) is 64.4 Å². The van der Waals surface area contributed by atoms with E-state index in [1.165, 1.54) is 4.90 Å². The number of alkyl halides is 1. The number of nitrogens with zero attached hydrogens (tertiary/aromatic N) is 2. The number of nitrogens with one attached hydrogen (secondary N) is 2. The van der Waals surface area contributed by atoms with Gasteiger partial charge < -0.3 is 20.6 Å². The summed E-state index contributed by atoms with van der Waals surface area (Å²) in [6, 6.07) is 6.09. The van der Waals surface area contributed by atoms with Crippen molar-refractivity contribution in [1.82, 2.24) is 20.5 Å². The fourth-order valence-corrected chi connectivity index (χ4v) is 6.01. The van der Waals surface area contributed by atoms with Crippen LogP contribution in [0.15, 0.2) is 29.8 Å². The highest BCUT2D eigenvalue weighted by Gasteiger charge is 2.44. The topological polar surface area (TPSA) is 112 Å². The molecule has 0 saturated carbocycles. The van der Waals surface area contributed by atoms with Gasteiger partial charge in [-0.25, -0.2) is 4.98 Å². The third kappa shape index (κ3) is 8.35. The second-order valence-electron chi connectivity index (χ2n) is 11.4. The first-order valence-electron chi connectivity index (χ1n) is 13.6. The third-order valence-corrected chi connectivity index (χ3v) is 8.64. The molecule has 0 aliphatic carbocycles. The molecule has 1 aromatic carbocycles. The molecule has 3 amide bonds. The lowest BCUT2D eigenvalue weighted by molar-refractivity contribution is -0.144. The molecule has 4 atom stereocenters. The first kappa shape index (κ1) is 31.2. The van der Waals surface area contributed by atoms with Gasteiger partial charge in [0, 0.05) is 24.7 Å². The van der Waals surface area contributed by atoms with Crippen LogP contribution in [-0.4, -0.2) is 62.8 Å². The van der Waals surface area contributed by atoms with Crippen LogP contribution >= 0.6 is 27.3 Å². The molecule has 1 unspecified atom stereocenters. The van der Waals surface area contributed by atoms with Gasteiger partial charge >= 0.3 is 0 Å². The molecule has 214 valence electrons. The molecule has 1 aromatic heterocycles. The minimum atomic E-state index is -0.810. The lowest BCUT2D eigenvalue weighted by atomic mass is 9.85. The summed E-state index contributed by atoms with van der Waals surface area (Å²) in [4.78, 5) is 46.6. The Morgan fingerprint density at radius 2 is 1.85 bits per heavy atom. The molecule has 1 aliphatic rings. The Morgan fingerprint density at radius 1 is 1.15 bits per heavy atom. The van der Waals surface area contributed by atoms with Gasteiger partial charge in [0.2, 0.25) is 17.7 Å². The standard InChI is InChI=1S/C29H41BrN4O4S/c1-18(20-10-12-21(13-11-20)25-19(2)31-17-39-25)32-27(37)23-15-22(35)16-34(23)28(38)26(29(3,4)5)33-24(36)9-7-6-8-14-30/h10-13,17-18,22-23,26,35H,6-9,14-16H2,1-5H3,(H,32,37)(H,33,36)/t18?,22-,23+,26-/m1/s1. The number of unbranched alkanes of at least 4 members (excludes halogenated alkanes) is 2. The Morgan fingerprint density at radius 3 is 2.44 bits per heavy atom. The average molecular weight is 622 g/mol. The van der Waals surface area contributed by atoms with E-state index in [9.17, 15) is 19.5 Å². The van der Waals surface area contributed by atoms with Crippen molar-refractivity contribution in [2.24, 2.45) is 5.41 Å². The molecular weight excluding hydrogens is 580 g/mol. The highest BCUT2D eigenvalue weighted by molar-refractivity contribution is 9.09. The number of β-amino-alcohol motifs (C(OH)–C–C–N with tert-alkyl or cyclic N) is 1. The molecular formula is C29H41BrN4O4S. The van der Waals surface area contributed by atoms with Crippen molar-refractivity contribution in [1.29, 1.82) is 0 Å². The number of benzene rings is 1. The van der Waals surface area contributed by atoms with E-state index in [-0.39, 0.29) is 36.7 Å². The number of hydrogen-bond donors (Lipinski definition) is 3. The first-order valence-corrected chi connectivity index (χ1v) is 15.6. The molecule has 1 saturated heterocycles. The van der Waals surface area contributed by atoms with Crippen molar-refractivity contribution in [3.8, 4) is 10.4 Å². The molecule has 0 radical (unpaired) electrons. The minimum absolute atomic E-state index is 0.0574. The zero-order valence-corrected chi connectivity index (χ0v) is 25.9. The summed E-state index contributed by atoms with van der Waals surface area (Å²) in [6.45, 7) is 9.61. The fraction of sp³-hybridized carbons (Fsp3) is 0.586. The van der Waals surface area contributed by atoms with Crippen molar-refractivity contribution < 1.29 is 19.5 Å². The summed E-state index contributed by atoms with van der Waals surface area (Å²) in [5.41, 5.74) is 4.25. The quantitative estimate of drug-likeness (QED) is 0.248. The van der Waals surface area contributed by atoms with Gasteiger partial charge in [0.15, 0.2) is 0 Å². The van der Waals surface area contributed by atoms with Crippen LogP contribution in [0.1, 0.15) is 77.1 Å². The number of aromatic nitrogens is 1. The molecule has 39 heavy (non-hydrogen) atoms. The summed E-state index contributed by atoms with van der Waals surface area (Å²) in [6.07, 6.45) is 2.37. The van der Waals surface area contributed by atoms with Crippen LogP contribution in [0, 0.1) is 12.3 Å². The normalized spacial score (nSPS) is 19.0. The van der Waals surface area contributed by atoms with Gasteiger partial charge in [-0.15, -0.1) is 11.3 Å². The zero-order valence-electron chi connectivity index (χ0n) is 23.5. The van der Waals surface area contributed by atoms with Crippen molar-refractivity contribution in [2.45, 2.75) is 91.0 Å². The van der Waals surface area contributed by atoms with Crippen molar-refractivity contribution >= 4 is 45.0 Å². The summed E-state index contributed by atoms with van der Waals surface area (Å²) >= 11 is 4.99. The maximum atomic E-state index is 13.7. The number of amides is 3. The summed E-state index contributed by atoms with van der Waals surface area (Å²) in [7, 11) is 0. The van der Waals surface area contributed by atoms with E-state index in [0.717, 1.165) is 46.3 Å². The lowest BCUT2D eigenvalue weighted by Crippen LogP contribution is -2.57. The molecule has 10 heteroatoms. The van der Waals surface area contributed by atoms with Crippen LogP contribution in [0.25, 0.3) is 10.4 Å². The zero-order chi connectivity index (χ0) is 28.7. The lowest BCUT2D eigenvalue weighted by Gasteiger charge is -2.35. The predicted octanol–water partition coefficient (Wildman–Crippen LogP) is 4.74. The Kier molecular flexibility index (Phi) is 11.1. The molecule has 1 aliphatic heterocycles. The van der Waals surface area contributed by atoms with Gasteiger partial charge in [-0.3, -0.25) is 14.4 Å². The number of halogens is 1. The van der Waals surface area contributed by atoms with E-state index < -0.39 is 23.6 Å². The van der Waals surface area contributed by atoms with Crippen LogP contribution in [-0.2, 0) is 14.4 Å². The molecule has 3 rings (SSSR count). The van der Waals surface area contributed by atoms with E-state index in [0.29, 0.717) is 6.42 Å². The molecule has 1 fully saturated rings. The Bertz CT molecular complexity index is 1130. The number of rotatable bonds is 11. The van der Waals surface area contributed by atoms with E-state index in [4.69, 9.17) is 0 Å². The van der Waals surface area contributed by atoms with Crippen LogP contribution in [0.3, 0.4) is 0 Å². The second kappa shape index (κ2) is 13.9. The molecule has 0 spiro atoms. The van der Waals surface area contributed by atoms with Gasteiger partial charge in [-0.1, -0.05) is 67.4 Å². The number of aliphatic hydroxyl groups excluding tert-OH is 1. The number of aryl methyl sites for hydroxylation is 1. The van der Waals surface area contributed by atoms with Crippen LogP contribution < -0.4 is 10.6 Å². The number of hydrogen-bond acceptors (Lipinski definition) is 6. The number of thiazole rings is 1. The Hall–Kier alpha value is -2.30. The molecule has 2 aromatic rings. The highest BCUT2D eigenvalue weighted by atomic mass is 79.9.